The number of halogens is 1. The second-order valence-electron chi connectivity index (χ2n) is 4.49. The molecular weight excluding hydrogens is 338 g/mol. The van der Waals surface area contributed by atoms with Crippen LogP contribution >= 0.6 is 15.9 Å². The second-order valence-corrected chi connectivity index (χ2v) is 5.41. The lowest BCUT2D eigenvalue weighted by Gasteiger charge is -2.15. The van der Waals surface area contributed by atoms with Crippen molar-refractivity contribution in [2.45, 2.75) is 12.5 Å². The molecule has 2 aromatic carbocycles. The fourth-order valence-electron chi connectivity index (χ4n) is 2.14. The predicted molar refractivity (Wildman–Crippen MR) is 82.5 cm³/mol. The van der Waals surface area contributed by atoms with Gasteiger partial charge in [0.25, 0.3) is 5.69 Å². The average molecular weight is 352 g/mol. The maximum atomic E-state index is 11.0. The molecule has 1 unspecified atom stereocenters. The van der Waals surface area contributed by atoms with Gasteiger partial charge in [-0.05, 0) is 12.1 Å². The number of aliphatic hydroxyl groups excluding tert-OH is 1. The number of nitrogens with zero attached hydrogens (tertiary/aromatic N) is 1. The van der Waals surface area contributed by atoms with Crippen molar-refractivity contribution in [1.82, 2.24) is 0 Å². The molecule has 21 heavy (non-hydrogen) atoms. The van der Waals surface area contributed by atoms with Crippen molar-refractivity contribution in [2.24, 2.45) is 0 Å². The van der Waals surface area contributed by atoms with E-state index < -0.39 is 11.0 Å². The molecule has 0 saturated heterocycles. The molecule has 5 nitrogen and oxygen atoms in total. The van der Waals surface area contributed by atoms with Gasteiger partial charge in [-0.2, -0.15) is 0 Å². The lowest BCUT2D eigenvalue weighted by Crippen LogP contribution is -2.06. The van der Waals surface area contributed by atoms with E-state index in [1.54, 1.807) is 36.4 Å². The summed E-state index contributed by atoms with van der Waals surface area (Å²) in [5.41, 5.74) is 1.09. The van der Waals surface area contributed by atoms with Crippen LogP contribution in [0.25, 0.3) is 0 Å². The van der Waals surface area contributed by atoms with Crippen LogP contribution in [0.15, 0.2) is 46.9 Å². The van der Waals surface area contributed by atoms with Crippen molar-refractivity contribution < 1.29 is 14.8 Å². The summed E-state index contributed by atoms with van der Waals surface area (Å²) in [7, 11) is 1.52. The quantitative estimate of drug-likeness (QED) is 0.659. The molecule has 0 fully saturated rings. The minimum atomic E-state index is -0.880. The predicted octanol–water partition coefficient (Wildman–Crippen LogP) is 3.64. The van der Waals surface area contributed by atoms with Crippen LogP contribution in [0.1, 0.15) is 17.2 Å². The van der Waals surface area contributed by atoms with Gasteiger partial charge < -0.3 is 9.84 Å². The molecule has 6 heteroatoms. The van der Waals surface area contributed by atoms with Crippen LogP contribution in [-0.2, 0) is 6.42 Å². The molecule has 0 spiro atoms. The number of nitro groups is 1. The zero-order valence-corrected chi connectivity index (χ0v) is 12.9. The van der Waals surface area contributed by atoms with Crippen LogP contribution in [0.4, 0.5) is 5.69 Å². The van der Waals surface area contributed by atoms with Crippen molar-refractivity contribution >= 4 is 21.6 Å². The Kier molecular flexibility index (Phi) is 4.93. The van der Waals surface area contributed by atoms with Crippen molar-refractivity contribution in [2.75, 3.05) is 7.11 Å². The normalized spacial score (nSPS) is 12.0. The summed E-state index contributed by atoms with van der Waals surface area (Å²) in [4.78, 5) is 10.6. The number of methoxy groups -OCH3 is 1. The molecule has 110 valence electrons. The maximum Gasteiger partial charge on any atom is 0.272 e. The van der Waals surface area contributed by atoms with E-state index in [4.69, 9.17) is 4.74 Å². The molecule has 0 aromatic heterocycles. The van der Waals surface area contributed by atoms with E-state index in [0.717, 1.165) is 4.47 Å². The lowest BCUT2D eigenvalue weighted by molar-refractivity contribution is -0.385. The van der Waals surface area contributed by atoms with E-state index in [9.17, 15) is 15.2 Å². The third-order valence-corrected chi connectivity index (χ3v) is 3.65. The Morgan fingerprint density at radius 3 is 2.71 bits per heavy atom. The zero-order chi connectivity index (χ0) is 15.4. The third-order valence-electron chi connectivity index (χ3n) is 3.16. The Balaban J connectivity index is 2.30. The summed E-state index contributed by atoms with van der Waals surface area (Å²) >= 11 is 3.33. The molecule has 0 heterocycles. The number of hydrogen-bond donors (Lipinski definition) is 1. The van der Waals surface area contributed by atoms with Crippen molar-refractivity contribution in [3.05, 3.63) is 68.2 Å². The van der Waals surface area contributed by atoms with Crippen LogP contribution < -0.4 is 4.74 Å². The van der Waals surface area contributed by atoms with Crippen LogP contribution in [0.5, 0.6) is 5.75 Å². The Morgan fingerprint density at radius 2 is 2.05 bits per heavy atom. The molecule has 0 aliphatic carbocycles. The van der Waals surface area contributed by atoms with Crippen molar-refractivity contribution in [3.63, 3.8) is 0 Å². The summed E-state index contributed by atoms with van der Waals surface area (Å²) in [5, 5.41) is 21.4. The van der Waals surface area contributed by atoms with E-state index in [-0.39, 0.29) is 12.1 Å². The zero-order valence-electron chi connectivity index (χ0n) is 11.3. The summed E-state index contributed by atoms with van der Waals surface area (Å²) in [6.07, 6.45) is -0.732. The number of benzene rings is 2. The standard InChI is InChI=1S/C15H14BrNO4/c1-21-15-9-11(16)6-7-12(15)14(18)8-10-4-2-3-5-13(10)17(19)20/h2-7,9,14,18H,8H2,1H3. The second kappa shape index (κ2) is 6.69. The van der Waals surface area contributed by atoms with Crippen LogP contribution in [0, 0.1) is 10.1 Å². The van der Waals surface area contributed by atoms with Gasteiger partial charge in [0, 0.05) is 28.1 Å². The molecule has 0 aliphatic heterocycles. The van der Waals surface area contributed by atoms with E-state index in [1.807, 2.05) is 0 Å². The van der Waals surface area contributed by atoms with Gasteiger partial charge >= 0.3 is 0 Å². The first-order chi connectivity index (χ1) is 10.0. The number of hydrogen-bond acceptors (Lipinski definition) is 4. The molecule has 1 atom stereocenters. The first kappa shape index (κ1) is 15.5. The Bertz CT molecular complexity index is 660. The number of aliphatic hydroxyl groups is 1. The Hall–Kier alpha value is -1.92. The topological polar surface area (TPSA) is 72.6 Å². The maximum absolute atomic E-state index is 11.0. The SMILES string of the molecule is COc1cc(Br)ccc1C(O)Cc1ccccc1[N+](=O)[O-]. The van der Waals surface area contributed by atoms with Crippen LogP contribution in [-0.4, -0.2) is 17.1 Å². The largest absolute Gasteiger partial charge is 0.496 e. The van der Waals surface area contributed by atoms with E-state index in [0.29, 0.717) is 16.9 Å². The molecule has 0 aliphatic rings. The first-order valence-corrected chi connectivity index (χ1v) is 7.06. The van der Waals surface area contributed by atoms with Crippen LogP contribution in [0.2, 0.25) is 0 Å². The molecule has 1 N–H and O–H groups in total. The summed E-state index contributed by atoms with van der Waals surface area (Å²) in [6, 6.07) is 11.7. The smallest absolute Gasteiger partial charge is 0.272 e. The molecule has 2 rings (SSSR count). The van der Waals surface area contributed by atoms with Crippen molar-refractivity contribution in [1.29, 1.82) is 0 Å². The lowest BCUT2D eigenvalue weighted by atomic mass is 9.99. The minimum absolute atomic E-state index is 0.00706. The third kappa shape index (κ3) is 3.59. The van der Waals surface area contributed by atoms with Gasteiger partial charge in [0.05, 0.1) is 18.1 Å². The van der Waals surface area contributed by atoms with Gasteiger partial charge in [0.2, 0.25) is 0 Å². The Morgan fingerprint density at radius 1 is 1.33 bits per heavy atom. The summed E-state index contributed by atoms with van der Waals surface area (Å²) in [5.74, 6) is 0.537. The monoisotopic (exact) mass is 351 g/mol. The van der Waals surface area contributed by atoms with Gasteiger partial charge in [-0.3, -0.25) is 10.1 Å². The highest BCUT2D eigenvalue weighted by Crippen LogP contribution is 2.32. The highest BCUT2D eigenvalue weighted by atomic mass is 79.9. The number of nitro benzene ring substituents is 1. The molecule has 0 bridgehead atoms. The summed E-state index contributed by atoms with van der Waals surface area (Å²) < 4.78 is 6.07. The minimum Gasteiger partial charge on any atom is -0.496 e. The van der Waals surface area contributed by atoms with E-state index in [2.05, 4.69) is 15.9 Å². The highest BCUT2D eigenvalue weighted by molar-refractivity contribution is 9.10. The van der Waals surface area contributed by atoms with Gasteiger partial charge in [0.15, 0.2) is 0 Å². The number of rotatable bonds is 5. The molecule has 0 saturated carbocycles. The molecule has 0 radical (unpaired) electrons. The van der Waals surface area contributed by atoms with E-state index >= 15 is 0 Å². The van der Waals surface area contributed by atoms with Crippen LogP contribution in [0.3, 0.4) is 0 Å². The van der Waals surface area contributed by atoms with Gasteiger partial charge in [0.1, 0.15) is 5.75 Å². The molecule has 0 amide bonds. The van der Waals surface area contributed by atoms with Gasteiger partial charge in [-0.15, -0.1) is 0 Å². The van der Waals surface area contributed by atoms with E-state index in [1.165, 1.54) is 13.2 Å². The number of para-hydroxylation sites is 1. The first-order valence-electron chi connectivity index (χ1n) is 6.26. The fourth-order valence-corrected chi connectivity index (χ4v) is 2.48. The van der Waals surface area contributed by atoms with Gasteiger partial charge in [-0.1, -0.05) is 40.2 Å². The summed E-state index contributed by atoms with van der Waals surface area (Å²) in [6.45, 7) is 0. The number of ether oxygens (including phenoxy) is 1. The highest BCUT2D eigenvalue weighted by Gasteiger charge is 2.19. The average Bonchev–Trinajstić information content (AvgIpc) is 2.47. The van der Waals surface area contributed by atoms with Crippen molar-refractivity contribution in [3.8, 4) is 5.75 Å². The fraction of sp³-hybridized carbons (Fsp3) is 0.200. The molecule has 2 aromatic rings. The molecular formula is C15H14BrNO4. The Labute approximate surface area is 130 Å². The van der Waals surface area contributed by atoms with Gasteiger partial charge in [-0.25, -0.2) is 0 Å².